The summed E-state index contributed by atoms with van der Waals surface area (Å²) in [5.41, 5.74) is 0. The van der Waals surface area contributed by atoms with Crippen LogP contribution in [0.1, 0.15) is 20.3 Å². The van der Waals surface area contributed by atoms with E-state index >= 15 is 0 Å². The first-order valence-electron chi connectivity index (χ1n) is 5.32. The number of ether oxygens (including phenoxy) is 2. The predicted molar refractivity (Wildman–Crippen MR) is 55.8 cm³/mol. The smallest absolute Gasteiger partial charge is 0.126 e. The van der Waals surface area contributed by atoms with Gasteiger partial charge in [-0.25, -0.2) is 0 Å². The average molecular weight is 200 g/mol. The van der Waals surface area contributed by atoms with Crippen LogP contribution in [0.5, 0.6) is 0 Å². The molecule has 0 bridgehead atoms. The Bertz CT molecular complexity index is 172. The van der Waals surface area contributed by atoms with Gasteiger partial charge in [0, 0.05) is 19.7 Å². The van der Waals surface area contributed by atoms with Crippen LogP contribution < -0.4 is 0 Å². The summed E-state index contributed by atoms with van der Waals surface area (Å²) in [6, 6.07) is 0. The third-order valence-corrected chi connectivity index (χ3v) is 2.40. The molecule has 1 unspecified atom stereocenters. The van der Waals surface area contributed by atoms with Crippen molar-refractivity contribution in [3.63, 3.8) is 0 Å². The zero-order chi connectivity index (χ0) is 10.4. The summed E-state index contributed by atoms with van der Waals surface area (Å²) in [5, 5.41) is 7.99. The van der Waals surface area contributed by atoms with Gasteiger partial charge in [-0.05, 0) is 13.3 Å². The Hall–Kier alpha value is -0.610. The molecule has 1 saturated heterocycles. The highest BCUT2D eigenvalue weighted by atomic mass is 16.5. The molecular formula is C10H20N2O2. The van der Waals surface area contributed by atoms with Crippen molar-refractivity contribution in [2.24, 2.45) is 0 Å². The minimum atomic E-state index is -0.0434. The van der Waals surface area contributed by atoms with Crippen LogP contribution in [-0.2, 0) is 9.47 Å². The van der Waals surface area contributed by atoms with E-state index in [2.05, 4.69) is 6.92 Å². The highest BCUT2D eigenvalue weighted by molar-refractivity contribution is 5.83. The van der Waals surface area contributed by atoms with E-state index < -0.39 is 0 Å². The SMILES string of the molecule is CCOC(CC)C(=N)N1CCOCC1. The van der Waals surface area contributed by atoms with Crippen molar-refractivity contribution in [2.45, 2.75) is 26.4 Å². The Labute approximate surface area is 85.7 Å². The van der Waals surface area contributed by atoms with E-state index in [4.69, 9.17) is 14.9 Å². The highest BCUT2D eigenvalue weighted by Crippen LogP contribution is 2.06. The van der Waals surface area contributed by atoms with Crippen LogP contribution >= 0.6 is 0 Å². The van der Waals surface area contributed by atoms with Crippen LogP contribution in [-0.4, -0.2) is 49.7 Å². The molecule has 0 aliphatic carbocycles. The molecule has 0 spiro atoms. The first kappa shape index (κ1) is 11.5. The molecule has 1 heterocycles. The Morgan fingerprint density at radius 1 is 1.43 bits per heavy atom. The Kier molecular flexibility index (Phi) is 4.90. The maximum atomic E-state index is 7.99. The lowest BCUT2D eigenvalue weighted by Gasteiger charge is -2.32. The molecule has 0 aromatic carbocycles. The number of morpholine rings is 1. The standard InChI is InChI=1S/C10H20N2O2/c1-3-9(14-4-2)10(11)12-5-7-13-8-6-12/h9,11H,3-8H2,1-2H3. The first-order valence-corrected chi connectivity index (χ1v) is 5.32. The summed E-state index contributed by atoms with van der Waals surface area (Å²) in [5.74, 6) is 0.609. The monoisotopic (exact) mass is 200 g/mol. The molecule has 0 saturated carbocycles. The van der Waals surface area contributed by atoms with E-state index in [1.807, 2.05) is 11.8 Å². The van der Waals surface area contributed by atoms with Crippen molar-refractivity contribution in [3.05, 3.63) is 0 Å². The van der Waals surface area contributed by atoms with Gasteiger partial charge in [0.15, 0.2) is 0 Å². The number of hydrogen-bond donors (Lipinski definition) is 1. The summed E-state index contributed by atoms with van der Waals surface area (Å²) in [4.78, 5) is 2.05. The van der Waals surface area contributed by atoms with Gasteiger partial charge >= 0.3 is 0 Å². The van der Waals surface area contributed by atoms with Gasteiger partial charge in [0.1, 0.15) is 11.9 Å². The van der Waals surface area contributed by atoms with Crippen LogP contribution in [0.2, 0.25) is 0 Å². The lowest BCUT2D eigenvalue weighted by molar-refractivity contribution is 0.0512. The van der Waals surface area contributed by atoms with Crippen LogP contribution in [0.25, 0.3) is 0 Å². The van der Waals surface area contributed by atoms with Crippen LogP contribution in [0.3, 0.4) is 0 Å². The summed E-state index contributed by atoms with van der Waals surface area (Å²) in [6.07, 6.45) is 0.822. The molecule has 1 aliphatic heterocycles. The van der Waals surface area contributed by atoms with Crippen molar-refractivity contribution < 1.29 is 9.47 Å². The molecule has 0 aromatic rings. The van der Waals surface area contributed by atoms with Gasteiger partial charge in [0.25, 0.3) is 0 Å². The second-order valence-corrected chi connectivity index (χ2v) is 3.34. The minimum Gasteiger partial charge on any atom is -0.378 e. The fourth-order valence-corrected chi connectivity index (χ4v) is 1.60. The lowest BCUT2D eigenvalue weighted by atomic mass is 10.2. The van der Waals surface area contributed by atoms with Gasteiger partial charge in [-0.1, -0.05) is 6.92 Å². The molecule has 1 fully saturated rings. The molecule has 4 heteroatoms. The maximum absolute atomic E-state index is 7.99. The Morgan fingerprint density at radius 3 is 2.57 bits per heavy atom. The zero-order valence-electron chi connectivity index (χ0n) is 9.08. The summed E-state index contributed by atoms with van der Waals surface area (Å²) < 4.78 is 10.7. The molecular weight excluding hydrogens is 180 g/mol. The second-order valence-electron chi connectivity index (χ2n) is 3.34. The van der Waals surface area contributed by atoms with Crippen molar-refractivity contribution in [1.82, 2.24) is 4.90 Å². The number of amidine groups is 1. The number of nitrogens with one attached hydrogen (secondary N) is 1. The fraction of sp³-hybridized carbons (Fsp3) is 0.900. The van der Waals surface area contributed by atoms with Crippen LogP contribution in [0, 0.1) is 5.41 Å². The van der Waals surface area contributed by atoms with Gasteiger partial charge in [-0.3, -0.25) is 5.41 Å². The molecule has 4 nitrogen and oxygen atoms in total. The van der Waals surface area contributed by atoms with Gasteiger partial charge in [0.2, 0.25) is 0 Å². The van der Waals surface area contributed by atoms with Crippen molar-refractivity contribution in [1.29, 1.82) is 5.41 Å². The molecule has 1 aliphatic rings. The topological polar surface area (TPSA) is 45.5 Å². The summed E-state index contributed by atoms with van der Waals surface area (Å²) in [6.45, 7) is 7.79. The summed E-state index contributed by atoms with van der Waals surface area (Å²) >= 11 is 0. The third-order valence-electron chi connectivity index (χ3n) is 2.40. The molecule has 1 N–H and O–H groups in total. The third kappa shape index (κ3) is 2.96. The quantitative estimate of drug-likeness (QED) is 0.546. The van der Waals surface area contributed by atoms with Crippen molar-refractivity contribution >= 4 is 5.84 Å². The minimum absolute atomic E-state index is 0.0434. The van der Waals surface area contributed by atoms with Gasteiger partial charge in [-0.15, -0.1) is 0 Å². The van der Waals surface area contributed by atoms with Crippen molar-refractivity contribution in [2.75, 3.05) is 32.9 Å². The summed E-state index contributed by atoms with van der Waals surface area (Å²) in [7, 11) is 0. The number of hydrogen-bond acceptors (Lipinski definition) is 3. The van der Waals surface area contributed by atoms with E-state index in [-0.39, 0.29) is 6.10 Å². The molecule has 0 aromatic heterocycles. The highest BCUT2D eigenvalue weighted by Gasteiger charge is 2.20. The average Bonchev–Trinajstić information content (AvgIpc) is 2.26. The molecule has 82 valence electrons. The van der Waals surface area contributed by atoms with E-state index in [1.165, 1.54) is 0 Å². The molecule has 14 heavy (non-hydrogen) atoms. The van der Waals surface area contributed by atoms with E-state index in [9.17, 15) is 0 Å². The maximum Gasteiger partial charge on any atom is 0.126 e. The van der Waals surface area contributed by atoms with Crippen molar-refractivity contribution in [3.8, 4) is 0 Å². The Balaban J connectivity index is 2.43. The normalized spacial score (nSPS) is 19.4. The lowest BCUT2D eigenvalue weighted by Crippen LogP contribution is -2.45. The van der Waals surface area contributed by atoms with Gasteiger partial charge < -0.3 is 14.4 Å². The number of nitrogens with zero attached hydrogens (tertiary/aromatic N) is 1. The fourth-order valence-electron chi connectivity index (χ4n) is 1.60. The van der Waals surface area contributed by atoms with Crippen LogP contribution in [0.15, 0.2) is 0 Å². The molecule has 0 amide bonds. The van der Waals surface area contributed by atoms with E-state index in [0.717, 1.165) is 32.7 Å². The van der Waals surface area contributed by atoms with E-state index in [1.54, 1.807) is 0 Å². The zero-order valence-corrected chi connectivity index (χ0v) is 9.08. The molecule has 0 radical (unpaired) electrons. The molecule has 1 rings (SSSR count). The second kappa shape index (κ2) is 5.98. The van der Waals surface area contributed by atoms with Crippen LogP contribution in [0.4, 0.5) is 0 Å². The number of rotatable bonds is 4. The predicted octanol–water partition coefficient (Wildman–Crippen LogP) is 1.11. The van der Waals surface area contributed by atoms with Gasteiger partial charge in [-0.2, -0.15) is 0 Å². The Morgan fingerprint density at radius 2 is 2.07 bits per heavy atom. The van der Waals surface area contributed by atoms with E-state index in [0.29, 0.717) is 12.4 Å². The molecule has 1 atom stereocenters. The largest absolute Gasteiger partial charge is 0.378 e. The first-order chi connectivity index (χ1) is 6.79. The van der Waals surface area contributed by atoms with Gasteiger partial charge in [0.05, 0.1) is 13.2 Å².